The van der Waals surface area contributed by atoms with Crippen LogP contribution >= 0.6 is 30.8 Å². The van der Waals surface area contributed by atoms with Crippen LogP contribution in [0.25, 0.3) is 0 Å². The molecule has 6 heteroatoms. The van der Waals surface area contributed by atoms with Crippen molar-refractivity contribution in [1.29, 1.82) is 0 Å². The van der Waals surface area contributed by atoms with Crippen LogP contribution in [0, 0.1) is 0 Å². The third-order valence-electron chi connectivity index (χ3n) is 0.190. The van der Waals surface area contributed by atoms with E-state index in [0.29, 0.717) is 0 Å². The normalized spacial score (nSPS) is 18.7. The smallest absolute Gasteiger partial charge is 0.319 e. The monoisotopic (exact) mass is 240 g/mol. The first-order valence-electron chi connectivity index (χ1n) is 1.30. The van der Waals surface area contributed by atoms with Crippen molar-refractivity contribution in [1.82, 2.24) is 0 Å². The average molecular weight is 240 g/mol. The van der Waals surface area contributed by atoms with E-state index in [9.17, 15) is 8.96 Å². The maximum absolute atomic E-state index is 11.4. The Balaban J connectivity index is 3.13. The molecule has 0 saturated heterocycles. The van der Waals surface area contributed by atoms with E-state index in [1.54, 1.807) is 0 Å². The van der Waals surface area contributed by atoms with Gasteiger partial charge in [0, 0.05) is 0 Å². The molecule has 0 bridgehead atoms. The summed E-state index contributed by atoms with van der Waals surface area (Å²) < 4.78 is 22.9. The molecule has 1 N–H and O–H groups in total. The topological polar surface area (TPSA) is 46.5 Å². The van der Waals surface area contributed by atoms with Crippen LogP contribution in [0.5, 0.6) is 0 Å². The van der Waals surface area contributed by atoms with Gasteiger partial charge >= 0.3 is 8.25 Å². The highest BCUT2D eigenvalue weighted by molar-refractivity contribution is 14.1. The Morgan fingerprint density at radius 1 is 2.00 bits per heavy atom. The quantitative estimate of drug-likeness (QED) is 0.446. The summed E-state index contributed by atoms with van der Waals surface area (Å²) in [6.07, 6.45) is 0. The van der Waals surface area contributed by atoms with Crippen LogP contribution in [0.15, 0.2) is 0 Å². The minimum Gasteiger partial charge on any atom is -0.326 e. The minimum atomic E-state index is -3.07. The summed E-state index contributed by atoms with van der Waals surface area (Å²) in [7, 11) is -3.07. The Bertz CT molecular complexity index is 75.3. The molecule has 0 amide bonds. The molecule has 0 aliphatic heterocycles. The molecule has 2 atom stereocenters. The highest BCUT2D eigenvalue weighted by Crippen LogP contribution is 2.21. The number of halogens is 2. The fraction of sp³-hybridized carbons (Fsp3) is 1.00. The van der Waals surface area contributed by atoms with Crippen molar-refractivity contribution in [2.24, 2.45) is 0 Å². The molecule has 3 nitrogen and oxygen atoms in total. The molecule has 0 rings (SSSR count). The summed E-state index contributed by atoms with van der Waals surface area (Å²) in [6, 6.07) is 0. The SMILES string of the molecule is O=[PH](O)OC(F)I. The van der Waals surface area contributed by atoms with Gasteiger partial charge in [0.1, 0.15) is 0 Å². The second-order valence-corrected chi connectivity index (χ2v) is 2.39. The standard InChI is InChI=1S/CH3FIO3P/c2-1(3)6-7(4)5/h1,7H,(H,4,5). The molecule has 0 aromatic rings. The molecular formula is CH3FIO3P. The third-order valence-corrected chi connectivity index (χ3v) is 1.33. The summed E-state index contributed by atoms with van der Waals surface area (Å²) in [5.74, 6) is 0. The van der Waals surface area contributed by atoms with E-state index < -0.39 is 12.6 Å². The largest absolute Gasteiger partial charge is 0.326 e. The summed E-state index contributed by atoms with van der Waals surface area (Å²) >= 11 is 1.23. The lowest BCUT2D eigenvalue weighted by atomic mass is 11.6. The lowest BCUT2D eigenvalue weighted by molar-refractivity contribution is 0.161. The molecule has 44 valence electrons. The molecular weight excluding hydrogens is 237 g/mol. The Kier molecular flexibility index (Phi) is 4.20. The Morgan fingerprint density at radius 3 is 2.43 bits per heavy atom. The lowest BCUT2D eigenvalue weighted by Crippen LogP contribution is -1.84. The van der Waals surface area contributed by atoms with Gasteiger partial charge in [-0.15, -0.1) is 0 Å². The van der Waals surface area contributed by atoms with Crippen LogP contribution in [-0.2, 0) is 9.09 Å². The maximum atomic E-state index is 11.4. The van der Waals surface area contributed by atoms with Crippen molar-refractivity contribution in [2.45, 2.75) is 4.36 Å². The first-order valence-corrected chi connectivity index (χ1v) is 3.81. The zero-order chi connectivity index (χ0) is 5.86. The number of hydrogen-bond acceptors (Lipinski definition) is 2. The summed E-state index contributed by atoms with van der Waals surface area (Å²) in [4.78, 5) is 7.80. The van der Waals surface area contributed by atoms with Crippen LogP contribution < -0.4 is 0 Å². The Labute approximate surface area is 54.0 Å². The van der Waals surface area contributed by atoms with Gasteiger partial charge in [0.15, 0.2) is 0 Å². The summed E-state index contributed by atoms with van der Waals surface area (Å²) in [5, 5.41) is 0. The molecule has 0 fully saturated rings. The van der Waals surface area contributed by atoms with Crippen LogP contribution in [0.2, 0.25) is 0 Å². The predicted octanol–water partition coefficient (Wildman–Crippen LogP) is 1.07. The van der Waals surface area contributed by atoms with Gasteiger partial charge in [-0.05, 0) is 22.6 Å². The molecule has 0 aliphatic carbocycles. The van der Waals surface area contributed by atoms with Gasteiger partial charge in [-0.2, -0.15) is 0 Å². The van der Waals surface area contributed by atoms with Gasteiger partial charge in [-0.25, -0.2) is 4.39 Å². The van der Waals surface area contributed by atoms with Crippen molar-refractivity contribution < 1.29 is 18.4 Å². The average Bonchev–Trinajstić information content (AvgIpc) is 1.27. The first kappa shape index (κ1) is 7.81. The van der Waals surface area contributed by atoms with Crippen LogP contribution in [0.1, 0.15) is 0 Å². The van der Waals surface area contributed by atoms with Crippen LogP contribution in [0.4, 0.5) is 4.39 Å². The predicted molar refractivity (Wildman–Crippen MR) is 31.2 cm³/mol. The van der Waals surface area contributed by atoms with E-state index in [-0.39, 0.29) is 0 Å². The zero-order valence-electron chi connectivity index (χ0n) is 3.10. The summed E-state index contributed by atoms with van der Waals surface area (Å²) in [6.45, 7) is 0. The van der Waals surface area contributed by atoms with Crippen LogP contribution in [-0.4, -0.2) is 9.26 Å². The molecule has 0 saturated carbocycles. The lowest BCUT2D eigenvalue weighted by Gasteiger charge is -1.93. The fourth-order valence-electron chi connectivity index (χ4n) is 0.0762. The van der Waals surface area contributed by atoms with Crippen molar-refractivity contribution in [3.8, 4) is 0 Å². The van der Waals surface area contributed by atoms with E-state index in [0.717, 1.165) is 0 Å². The van der Waals surface area contributed by atoms with Crippen LogP contribution in [0.3, 0.4) is 0 Å². The molecule has 0 aromatic heterocycles. The maximum Gasteiger partial charge on any atom is 0.319 e. The van der Waals surface area contributed by atoms with Gasteiger partial charge in [0.05, 0.1) is 0 Å². The highest BCUT2D eigenvalue weighted by atomic mass is 127. The first-order chi connectivity index (χ1) is 3.13. The number of hydrogen-bond donors (Lipinski definition) is 1. The molecule has 0 spiro atoms. The van der Waals surface area contributed by atoms with Crippen molar-refractivity contribution in [3.05, 3.63) is 0 Å². The van der Waals surface area contributed by atoms with Gasteiger partial charge < -0.3 is 4.89 Å². The number of rotatable bonds is 2. The Hall–Kier alpha value is 0.810. The fourth-order valence-corrected chi connectivity index (χ4v) is 0.881. The number of alkyl halides is 2. The van der Waals surface area contributed by atoms with Gasteiger partial charge in [-0.1, -0.05) is 0 Å². The molecule has 0 aromatic carbocycles. The van der Waals surface area contributed by atoms with E-state index in [4.69, 9.17) is 4.89 Å². The molecule has 0 heterocycles. The van der Waals surface area contributed by atoms with Crippen molar-refractivity contribution in [2.75, 3.05) is 0 Å². The summed E-state index contributed by atoms with van der Waals surface area (Å²) in [5.41, 5.74) is 0. The van der Waals surface area contributed by atoms with Gasteiger partial charge in [0.2, 0.25) is 0 Å². The second-order valence-electron chi connectivity index (χ2n) is 0.644. The Morgan fingerprint density at radius 2 is 2.43 bits per heavy atom. The van der Waals surface area contributed by atoms with Gasteiger partial charge in [0.25, 0.3) is 4.36 Å². The molecule has 7 heavy (non-hydrogen) atoms. The van der Waals surface area contributed by atoms with Crippen molar-refractivity contribution >= 4 is 30.8 Å². The third kappa shape index (κ3) is 6.81. The zero-order valence-corrected chi connectivity index (χ0v) is 6.25. The molecule has 0 aliphatic rings. The molecule has 2 unspecified atom stereocenters. The highest BCUT2D eigenvalue weighted by Gasteiger charge is 2.00. The van der Waals surface area contributed by atoms with Gasteiger partial charge in [-0.3, -0.25) is 9.09 Å². The van der Waals surface area contributed by atoms with Crippen molar-refractivity contribution in [3.63, 3.8) is 0 Å². The van der Waals surface area contributed by atoms with E-state index in [2.05, 4.69) is 4.52 Å². The minimum absolute atomic E-state index is 1.23. The molecule has 0 radical (unpaired) electrons. The van der Waals surface area contributed by atoms with E-state index in [1.165, 1.54) is 22.6 Å². The van der Waals surface area contributed by atoms with E-state index >= 15 is 0 Å². The second kappa shape index (κ2) is 3.77. The van der Waals surface area contributed by atoms with E-state index in [1.807, 2.05) is 0 Å².